The Morgan fingerprint density at radius 1 is 1.77 bits per heavy atom. The molecule has 0 saturated heterocycles. The van der Waals surface area contributed by atoms with E-state index in [1.54, 1.807) is 19.3 Å². The van der Waals surface area contributed by atoms with Crippen LogP contribution in [0.4, 0.5) is 0 Å². The van der Waals surface area contributed by atoms with Crippen LogP contribution in [0.3, 0.4) is 0 Å². The summed E-state index contributed by atoms with van der Waals surface area (Å²) in [6.07, 6.45) is 3.39. The van der Waals surface area contributed by atoms with Crippen LogP contribution >= 0.6 is 0 Å². The molecule has 0 bridgehead atoms. The van der Waals surface area contributed by atoms with E-state index >= 15 is 0 Å². The number of carbonyl (C=O) groups is 1. The maximum Gasteiger partial charge on any atom is 0.320 e. The molecule has 0 aliphatic carbocycles. The topological polar surface area (TPSA) is 62.2 Å². The molecule has 2 N–H and O–H groups in total. The van der Waals surface area contributed by atoms with Crippen LogP contribution in [-0.4, -0.2) is 22.1 Å². The van der Waals surface area contributed by atoms with Gasteiger partial charge in [-0.1, -0.05) is 6.07 Å². The highest BCUT2D eigenvalue weighted by molar-refractivity contribution is 5.72. The van der Waals surface area contributed by atoms with Gasteiger partial charge in [-0.15, -0.1) is 0 Å². The van der Waals surface area contributed by atoms with E-state index < -0.39 is 12.0 Å². The fraction of sp³-hybridized carbons (Fsp3) is 0.333. The molecule has 1 heterocycles. The van der Waals surface area contributed by atoms with Crippen LogP contribution in [0.1, 0.15) is 12.5 Å². The molecule has 1 atom stereocenters. The second-order valence-corrected chi connectivity index (χ2v) is 2.80. The van der Waals surface area contributed by atoms with Crippen molar-refractivity contribution in [2.24, 2.45) is 0 Å². The number of carboxylic acid groups (broad SMARTS) is 1. The first kappa shape index (κ1) is 9.67. The first-order chi connectivity index (χ1) is 6.20. The molecule has 0 aliphatic heterocycles. The van der Waals surface area contributed by atoms with Crippen LogP contribution in [-0.2, 0) is 11.3 Å². The predicted octanol–water partition coefficient (Wildman–Crippen LogP) is 0.644. The fourth-order valence-corrected chi connectivity index (χ4v) is 0.861. The highest BCUT2D eigenvalue weighted by Crippen LogP contribution is 1.95. The molecular formula is C9H12N2O2. The van der Waals surface area contributed by atoms with Crippen molar-refractivity contribution < 1.29 is 9.90 Å². The van der Waals surface area contributed by atoms with Crippen molar-refractivity contribution >= 4 is 5.97 Å². The molecule has 4 nitrogen and oxygen atoms in total. The Morgan fingerprint density at radius 3 is 3.08 bits per heavy atom. The Bertz CT molecular complexity index is 274. The number of hydrogen-bond acceptors (Lipinski definition) is 3. The van der Waals surface area contributed by atoms with Gasteiger partial charge >= 0.3 is 5.97 Å². The third kappa shape index (κ3) is 3.21. The van der Waals surface area contributed by atoms with E-state index in [9.17, 15) is 4.79 Å². The molecule has 1 rings (SSSR count). The second-order valence-electron chi connectivity index (χ2n) is 2.80. The highest BCUT2D eigenvalue weighted by Gasteiger charge is 2.08. The quantitative estimate of drug-likeness (QED) is 0.714. The van der Waals surface area contributed by atoms with Crippen LogP contribution in [0.15, 0.2) is 24.5 Å². The number of aliphatic carboxylic acids is 1. The minimum absolute atomic E-state index is 0.528. The minimum Gasteiger partial charge on any atom is -0.480 e. The van der Waals surface area contributed by atoms with E-state index in [0.29, 0.717) is 6.54 Å². The Morgan fingerprint density at radius 2 is 2.54 bits per heavy atom. The lowest BCUT2D eigenvalue weighted by Gasteiger charge is -2.07. The van der Waals surface area contributed by atoms with Crippen molar-refractivity contribution in [3.8, 4) is 0 Å². The van der Waals surface area contributed by atoms with E-state index in [1.165, 1.54) is 0 Å². The maximum atomic E-state index is 10.4. The van der Waals surface area contributed by atoms with E-state index in [0.717, 1.165) is 5.56 Å². The van der Waals surface area contributed by atoms with Crippen molar-refractivity contribution in [3.05, 3.63) is 30.1 Å². The summed E-state index contributed by atoms with van der Waals surface area (Å²) < 4.78 is 0. The molecule has 0 aliphatic rings. The lowest BCUT2D eigenvalue weighted by Crippen LogP contribution is -2.33. The third-order valence-electron chi connectivity index (χ3n) is 1.71. The zero-order valence-corrected chi connectivity index (χ0v) is 7.40. The normalized spacial score (nSPS) is 12.4. The third-order valence-corrected chi connectivity index (χ3v) is 1.71. The first-order valence-electron chi connectivity index (χ1n) is 4.05. The van der Waals surface area contributed by atoms with Gasteiger partial charge in [-0.3, -0.25) is 9.78 Å². The summed E-state index contributed by atoms with van der Waals surface area (Å²) in [6.45, 7) is 2.14. The van der Waals surface area contributed by atoms with Gasteiger partial charge in [0, 0.05) is 18.9 Å². The maximum absolute atomic E-state index is 10.4. The summed E-state index contributed by atoms with van der Waals surface area (Å²) in [7, 11) is 0. The summed E-state index contributed by atoms with van der Waals surface area (Å²) in [6, 6.07) is 3.19. The van der Waals surface area contributed by atoms with Crippen molar-refractivity contribution in [3.63, 3.8) is 0 Å². The lowest BCUT2D eigenvalue weighted by molar-refractivity contribution is -0.139. The van der Waals surface area contributed by atoms with Crippen molar-refractivity contribution in [1.82, 2.24) is 10.3 Å². The summed E-state index contributed by atoms with van der Waals surface area (Å²) in [5, 5.41) is 11.4. The average molecular weight is 180 g/mol. The number of nitrogens with zero attached hydrogens (tertiary/aromatic N) is 1. The smallest absolute Gasteiger partial charge is 0.320 e. The molecule has 1 aromatic rings. The second kappa shape index (κ2) is 4.57. The number of aromatic nitrogens is 1. The Labute approximate surface area is 76.6 Å². The number of carboxylic acids is 1. The zero-order chi connectivity index (χ0) is 9.68. The van der Waals surface area contributed by atoms with Gasteiger partial charge in [0.05, 0.1) is 0 Å². The molecule has 0 amide bonds. The van der Waals surface area contributed by atoms with Gasteiger partial charge in [0.15, 0.2) is 0 Å². The first-order valence-corrected chi connectivity index (χ1v) is 4.05. The van der Waals surface area contributed by atoms with Crippen LogP contribution in [0.2, 0.25) is 0 Å². The van der Waals surface area contributed by atoms with Gasteiger partial charge in [-0.05, 0) is 18.6 Å². The number of hydrogen-bond donors (Lipinski definition) is 2. The fourth-order valence-electron chi connectivity index (χ4n) is 0.861. The Balaban J connectivity index is 2.39. The van der Waals surface area contributed by atoms with Crippen molar-refractivity contribution in [2.75, 3.05) is 0 Å². The standard InChI is InChI=1S/C9H12N2O2/c1-7(9(12)13)11-6-8-3-2-4-10-5-8/h2-5,7,11H,6H2,1H3,(H,12,13)/t7-/m0/s1. The predicted molar refractivity (Wildman–Crippen MR) is 48.2 cm³/mol. The van der Waals surface area contributed by atoms with Crippen LogP contribution in [0.5, 0.6) is 0 Å². The minimum atomic E-state index is -0.844. The SMILES string of the molecule is C[C@H](NCc1cccnc1)C(=O)O. The largest absolute Gasteiger partial charge is 0.480 e. The van der Waals surface area contributed by atoms with Gasteiger partial charge in [-0.25, -0.2) is 0 Å². The lowest BCUT2D eigenvalue weighted by atomic mass is 10.2. The monoisotopic (exact) mass is 180 g/mol. The van der Waals surface area contributed by atoms with E-state index in [4.69, 9.17) is 5.11 Å². The molecular weight excluding hydrogens is 168 g/mol. The molecule has 70 valence electrons. The molecule has 0 spiro atoms. The molecule has 0 aromatic carbocycles. The van der Waals surface area contributed by atoms with Gasteiger partial charge in [-0.2, -0.15) is 0 Å². The zero-order valence-electron chi connectivity index (χ0n) is 7.40. The molecule has 0 unspecified atom stereocenters. The number of pyridine rings is 1. The van der Waals surface area contributed by atoms with Gasteiger partial charge in [0.25, 0.3) is 0 Å². The molecule has 0 fully saturated rings. The van der Waals surface area contributed by atoms with E-state index in [-0.39, 0.29) is 0 Å². The van der Waals surface area contributed by atoms with Gasteiger partial charge in [0.1, 0.15) is 6.04 Å². The number of nitrogens with one attached hydrogen (secondary N) is 1. The van der Waals surface area contributed by atoms with Gasteiger partial charge in [0.2, 0.25) is 0 Å². The number of rotatable bonds is 4. The van der Waals surface area contributed by atoms with Crippen LogP contribution in [0.25, 0.3) is 0 Å². The van der Waals surface area contributed by atoms with Crippen LogP contribution < -0.4 is 5.32 Å². The summed E-state index contributed by atoms with van der Waals surface area (Å²) in [5.74, 6) is -0.844. The molecule has 0 saturated carbocycles. The van der Waals surface area contributed by atoms with E-state index in [1.807, 2.05) is 12.1 Å². The van der Waals surface area contributed by atoms with Crippen LogP contribution in [0, 0.1) is 0 Å². The molecule has 0 radical (unpaired) electrons. The Kier molecular flexibility index (Phi) is 3.40. The Hall–Kier alpha value is -1.42. The molecule has 13 heavy (non-hydrogen) atoms. The summed E-state index contributed by atoms with van der Waals surface area (Å²) >= 11 is 0. The van der Waals surface area contributed by atoms with Gasteiger partial charge < -0.3 is 10.4 Å². The van der Waals surface area contributed by atoms with Crippen molar-refractivity contribution in [2.45, 2.75) is 19.5 Å². The molecule has 4 heteroatoms. The van der Waals surface area contributed by atoms with E-state index in [2.05, 4.69) is 10.3 Å². The van der Waals surface area contributed by atoms with Crippen molar-refractivity contribution in [1.29, 1.82) is 0 Å². The average Bonchev–Trinajstić information content (AvgIpc) is 2.15. The summed E-state index contributed by atoms with van der Waals surface area (Å²) in [5.41, 5.74) is 0.982. The molecule has 1 aromatic heterocycles. The highest BCUT2D eigenvalue weighted by atomic mass is 16.4. The summed E-state index contributed by atoms with van der Waals surface area (Å²) in [4.78, 5) is 14.4.